The molecule has 0 amide bonds. The van der Waals surface area contributed by atoms with Gasteiger partial charge in [-0.15, -0.1) is 0 Å². The Morgan fingerprint density at radius 1 is 1.03 bits per heavy atom. The van der Waals surface area contributed by atoms with Gasteiger partial charge in [-0.1, -0.05) is 54.6 Å². The number of anilines is 1. The Morgan fingerprint density at radius 2 is 1.71 bits per heavy atom. The molecule has 0 spiro atoms. The van der Waals surface area contributed by atoms with Crippen molar-refractivity contribution in [2.75, 3.05) is 10.9 Å². The molecule has 2 N–H and O–H groups in total. The van der Waals surface area contributed by atoms with Crippen LogP contribution in [-0.4, -0.2) is 15.0 Å². The van der Waals surface area contributed by atoms with Crippen LogP contribution >= 0.6 is 0 Å². The summed E-state index contributed by atoms with van der Waals surface area (Å²) >= 11 is 0. The summed E-state index contributed by atoms with van der Waals surface area (Å²) in [5, 5.41) is 9.97. The normalized spacial score (nSPS) is 18.3. The second-order valence-corrected chi connectivity index (χ2v) is 9.97. The van der Waals surface area contributed by atoms with E-state index in [9.17, 15) is 13.7 Å². The lowest BCUT2D eigenvalue weighted by atomic mass is 9.88. The lowest BCUT2D eigenvalue weighted by Crippen LogP contribution is -2.39. The minimum Gasteiger partial charge on any atom is -0.494 e. The van der Waals surface area contributed by atoms with Crippen LogP contribution in [0.1, 0.15) is 29.5 Å². The standard InChI is InChI=1S/C27H23N3O4S/c1-2-33-20-14-12-19(13-15-20)24-22(16-28)27(29)34-25-21-10-6-7-11-23(21)30(35(31,32)26(24)25)17-18-8-4-3-5-9-18/h3-15,24H,2,17,29H2,1H3/t24-/m1/s1. The molecule has 0 saturated heterocycles. The number of hydrogen-bond donors (Lipinski definition) is 1. The predicted octanol–water partition coefficient (Wildman–Crippen LogP) is 4.61. The summed E-state index contributed by atoms with van der Waals surface area (Å²) in [5.74, 6) is -0.224. The van der Waals surface area contributed by atoms with Crippen LogP contribution in [0, 0.1) is 11.3 Å². The van der Waals surface area contributed by atoms with Gasteiger partial charge in [-0.2, -0.15) is 5.26 Å². The van der Waals surface area contributed by atoms with Crippen LogP contribution in [0.3, 0.4) is 0 Å². The number of rotatable bonds is 5. The summed E-state index contributed by atoms with van der Waals surface area (Å²) in [5.41, 5.74) is 8.76. The molecular weight excluding hydrogens is 462 g/mol. The Labute approximate surface area is 204 Å². The van der Waals surface area contributed by atoms with Crippen molar-refractivity contribution in [3.8, 4) is 11.8 Å². The van der Waals surface area contributed by atoms with Crippen molar-refractivity contribution in [2.24, 2.45) is 5.73 Å². The lowest BCUT2D eigenvalue weighted by Gasteiger charge is -2.38. The van der Waals surface area contributed by atoms with E-state index < -0.39 is 15.9 Å². The minimum absolute atomic E-state index is 0.00189. The van der Waals surface area contributed by atoms with Gasteiger partial charge in [0.15, 0.2) is 5.76 Å². The molecule has 35 heavy (non-hydrogen) atoms. The maximum atomic E-state index is 14.2. The third kappa shape index (κ3) is 3.80. The zero-order valence-electron chi connectivity index (χ0n) is 19.0. The van der Waals surface area contributed by atoms with E-state index in [1.807, 2.05) is 43.3 Å². The molecule has 2 aliphatic rings. The predicted molar refractivity (Wildman–Crippen MR) is 133 cm³/mol. The molecule has 0 saturated carbocycles. The van der Waals surface area contributed by atoms with Crippen LogP contribution in [0.15, 0.2) is 95.2 Å². The van der Waals surface area contributed by atoms with Crippen LogP contribution in [0.2, 0.25) is 0 Å². The second-order valence-electron chi connectivity index (χ2n) is 8.13. The fourth-order valence-electron chi connectivity index (χ4n) is 4.49. The maximum Gasteiger partial charge on any atom is 0.265 e. The molecule has 7 nitrogen and oxygen atoms in total. The number of nitriles is 1. The van der Waals surface area contributed by atoms with Crippen molar-refractivity contribution >= 4 is 21.5 Å². The number of hydrogen-bond acceptors (Lipinski definition) is 6. The van der Waals surface area contributed by atoms with E-state index in [1.54, 1.807) is 42.5 Å². The van der Waals surface area contributed by atoms with Crippen molar-refractivity contribution in [3.05, 3.63) is 112 Å². The van der Waals surface area contributed by atoms with E-state index in [0.29, 0.717) is 29.2 Å². The molecule has 0 bridgehead atoms. The Morgan fingerprint density at radius 3 is 2.40 bits per heavy atom. The second kappa shape index (κ2) is 8.85. The molecular formula is C27H23N3O4S. The Balaban J connectivity index is 1.72. The van der Waals surface area contributed by atoms with Gasteiger partial charge >= 0.3 is 0 Å². The third-order valence-electron chi connectivity index (χ3n) is 6.05. The van der Waals surface area contributed by atoms with Crippen molar-refractivity contribution in [3.63, 3.8) is 0 Å². The first-order valence-corrected chi connectivity index (χ1v) is 12.6. The van der Waals surface area contributed by atoms with Crippen LogP contribution < -0.4 is 14.8 Å². The van der Waals surface area contributed by atoms with Gasteiger partial charge in [-0.25, -0.2) is 8.42 Å². The lowest BCUT2D eigenvalue weighted by molar-refractivity contribution is 0.340. The number of nitrogens with two attached hydrogens (primary N) is 1. The van der Waals surface area contributed by atoms with Crippen LogP contribution in [0.25, 0.3) is 5.76 Å². The van der Waals surface area contributed by atoms with E-state index in [-0.39, 0.29) is 28.7 Å². The summed E-state index contributed by atoms with van der Waals surface area (Å²) in [6, 6.07) is 25.6. The minimum atomic E-state index is -4.10. The van der Waals surface area contributed by atoms with E-state index in [4.69, 9.17) is 15.2 Å². The highest BCUT2D eigenvalue weighted by atomic mass is 32.2. The zero-order chi connectivity index (χ0) is 24.6. The molecule has 0 aromatic heterocycles. The molecule has 0 radical (unpaired) electrons. The number of benzene rings is 3. The largest absolute Gasteiger partial charge is 0.494 e. The van der Waals surface area contributed by atoms with E-state index in [0.717, 1.165) is 5.56 Å². The molecule has 3 aromatic carbocycles. The number of allylic oxidation sites excluding steroid dienone is 2. The van der Waals surface area contributed by atoms with Crippen molar-refractivity contribution in [1.82, 2.24) is 0 Å². The molecule has 0 aliphatic carbocycles. The highest BCUT2D eigenvalue weighted by Crippen LogP contribution is 2.51. The average molecular weight is 486 g/mol. The fourth-order valence-corrected chi connectivity index (χ4v) is 6.40. The van der Waals surface area contributed by atoms with Gasteiger partial charge in [0.2, 0.25) is 5.88 Å². The quantitative estimate of drug-likeness (QED) is 0.566. The number of sulfonamides is 1. The van der Waals surface area contributed by atoms with Crippen molar-refractivity contribution in [1.29, 1.82) is 5.26 Å². The summed E-state index contributed by atoms with van der Waals surface area (Å²) in [6.07, 6.45) is 0. The summed E-state index contributed by atoms with van der Waals surface area (Å²) in [4.78, 5) is 0.00189. The topological polar surface area (TPSA) is 106 Å². The first-order valence-electron chi connectivity index (χ1n) is 11.2. The first-order chi connectivity index (χ1) is 17.0. The van der Waals surface area contributed by atoms with Gasteiger partial charge in [-0.3, -0.25) is 4.31 Å². The summed E-state index contributed by atoms with van der Waals surface area (Å²) in [7, 11) is -4.10. The number of ether oxygens (including phenoxy) is 2. The number of nitrogens with zero attached hydrogens (tertiary/aromatic N) is 2. The Bertz CT molecular complexity index is 1490. The molecule has 2 heterocycles. The molecule has 5 rings (SSSR count). The van der Waals surface area contributed by atoms with Gasteiger partial charge in [0.1, 0.15) is 22.3 Å². The maximum absolute atomic E-state index is 14.2. The van der Waals surface area contributed by atoms with Gasteiger partial charge in [0, 0.05) is 5.56 Å². The van der Waals surface area contributed by atoms with Crippen molar-refractivity contribution < 1.29 is 17.9 Å². The van der Waals surface area contributed by atoms with Crippen molar-refractivity contribution in [2.45, 2.75) is 19.4 Å². The summed E-state index contributed by atoms with van der Waals surface area (Å²) in [6.45, 7) is 2.52. The monoisotopic (exact) mass is 485 g/mol. The van der Waals surface area contributed by atoms with Gasteiger partial charge in [0.05, 0.1) is 24.8 Å². The molecule has 0 unspecified atom stereocenters. The molecule has 3 aromatic rings. The van der Waals surface area contributed by atoms with E-state index in [2.05, 4.69) is 6.07 Å². The smallest absolute Gasteiger partial charge is 0.265 e. The Hall–Kier alpha value is -4.22. The molecule has 1 atom stereocenters. The van der Waals surface area contributed by atoms with Gasteiger partial charge < -0.3 is 15.2 Å². The third-order valence-corrected chi connectivity index (χ3v) is 7.93. The Kier molecular flexibility index (Phi) is 5.71. The van der Waals surface area contributed by atoms with Crippen LogP contribution in [0.5, 0.6) is 5.75 Å². The van der Waals surface area contributed by atoms with E-state index in [1.165, 1.54) is 4.31 Å². The zero-order valence-corrected chi connectivity index (χ0v) is 19.8. The van der Waals surface area contributed by atoms with Gasteiger partial charge in [0.25, 0.3) is 10.0 Å². The highest BCUT2D eigenvalue weighted by molar-refractivity contribution is 7.96. The van der Waals surface area contributed by atoms with Crippen LogP contribution in [0.4, 0.5) is 5.69 Å². The number of para-hydroxylation sites is 1. The molecule has 8 heteroatoms. The van der Waals surface area contributed by atoms with Crippen LogP contribution in [-0.2, 0) is 21.3 Å². The summed E-state index contributed by atoms with van der Waals surface area (Å²) < 4.78 is 41.2. The van der Waals surface area contributed by atoms with Gasteiger partial charge in [-0.05, 0) is 42.3 Å². The fraction of sp³-hybridized carbons (Fsp3) is 0.148. The molecule has 0 fully saturated rings. The average Bonchev–Trinajstić information content (AvgIpc) is 2.87. The molecule has 2 aliphatic heterocycles. The molecule has 176 valence electrons. The SMILES string of the molecule is CCOc1ccc([C@@H]2C(C#N)=C(N)OC3=C2S(=O)(=O)N(Cc2ccccc2)c2ccccc23)cc1. The highest BCUT2D eigenvalue weighted by Gasteiger charge is 2.47. The number of fused-ring (bicyclic) bond motifs is 2. The van der Waals surface area contributed by atoms with E-state index >= 15 is 0 Å². The first kappa shape index (κ1) is 22.6.